The van der Waals surface area contributed by atoms with Gasteiger partial charge in [-0.05, 0) is 68.6 Å². The van der Waals surface area contributed by atoms with Crippen molar-refractivity contribution in [1.82, 2.24) is 15.1 Å². The van der Waals surface area contributed by atoms with Gasteiger partial charge < -0.3 is 25.2 Å². The normalized spacial score (nSPS) is 16.0. The molecule has 1 aromatic heterocycles. The van der Waals surface area contributed by atoms with Crippen molar-refractivity contribution in [1.29, 1.82) is 0 Å². The van der Waals surface area contributed by atoms with E-state index in [1.165, 1.54) is 32.0 Å². The van der Waals surface area contributed by atoms with E-state index in [4.69, 9.17) is 24.5 Å². The average molecular weight is 709 g/mol. The van der Waals surface area contributed by atoms with E-state index in [2.05, 4.69) is 26.5 Å². The summed E-state index contributed by atoms with van der Waals surface area (Å²) in [5, 5.41) is 24.5. The molecule has 2 aliphatic rings. The van der Waals surface area contributed by atoms with Gasteiger partial charge in [0.2, 0.25) is 5.91 Å². The smallest absolute Gasteiger partial charge is 0.489 e. The predicted octanol–water partition coefficient (Wildman–Crippen LogP) is 6.17. The van der Waals surface area contributed by atoms with E-state index in [0.717, 1.165) is 45.3 Å². The largest absolute Gasteiger partial charge is 0.490 e. The zero-order chi connectivity index (χ0) is 35.6. The van der Waals surface area contributed by atoms with Gasteiger partial charge in [-0.3, -0.25) is 9.89 Å². The lowest BCUT2D eigenvalue weighted by Crippen LogP contribution is -2.33. The number of halogens is 7. The number of aromatic nitrogens is 2. The number of H-pyrrole nitrogens is 1. The molecule has 3 aromatic rings. The van der Waals surface area contributed by atoms with Crippen LogP contribution in [-0.2, 0) is 20.8 Å². The van der Waals surface area contributed by atoms with Crippen molar-refractivity contribution in [3.05, 3.63) is 59.7 Å². The maximum absolute atomic E-state index is 14.0. The Morgan fingerprint density at radius 1 is 1.04 bits per heavy atom. The number of aryl methyl sites for hydroxylation is 1. The summed E-state index contributed by atoms with van der Waals surface area (Å²) < 4.78 is 83.0. The number of thioether (sulfide) groups is 1. The fourth-order valence-corrected chi connectivity index (χ4v) is 5.69. The number of carbonyl (C=O) groups excluding carboxylic acids is 1. The monoisotopic (exact) mass is 708 g/mol. The molecule has 2 aliphatic heterocycles. The summed E-state index contributed by atoms with van der Waals surface area (Å²) in [5.41, 5.74) is 4.66. The first-order chi connectivity index (χ1) is 22.5. The van der Waals surface area contributed by atoms with Crippen molar-refractivity contribution >= 4 is 35.3 Å². The van der Waals surface area contributed by atoms with Crippen LogP contribution in [0.5, 0.6) is 5.75 Å². The lowest BCUT2D eigenvalue weighted by atomic mass is 9.95. The Kier molecular flexibility index (Phi) is 13.2. The highest BCUT2D eigenvalue weighted by Crippen LogP contribution is 2.35. The van der Waals surface area contributed by atoms with Crippen molar-refractivity contribution in [2.24, 2.45) is 5.92 Å². The number of rotatable bonds is 7. The maximum Gasteiger partial charge on any atom is 0.490 e. The summed E-state index contributed by atoms with van der Waals surface area (Å²) in [5.74, 6) is -5.14. The van der Waals surface area contributed by atoms with Crippen molar-refractivity contribution in [3.8, 4) is 16.9 Å². The SMILES string of the molecule is Cc1[nH]ncc1-c1ccc(NC(=O)C2COc3c(F)cccc3C2)c(SCCN2CCCC2)c1.O=C(O)C(F)(F)F.O=C(O)C(F)(F)F. The number of hydrogen-bond donors (Lipinski definition) is 4. The number of ether oxygens (including phenoxy) is 1. The first-order valence-electron chi connectivity index (χ1n) is 14.3. The Hall–Kier alpha value is -4.32. The molecule has 1 saturated heterocycles. The van der Waals surface area contributed by atoms with E-state index in [1.807, 2.05) is 31.3 Å². The van der Waals surface area contributed by atoms with Gasteiger partial charge in [-0.25, -0.2) is 14.0 Å². The number of hydrogen-bond acceptors (Lipinski definition) is 7. The maximum atomic E-state index is 14.0. The Balaban J connectivity index is 0.000000376. The summed E-state index contributed by atoms with van der Waals surface area (Å²) in [7, 11) is 0. The van der Waals surface area contributed by atoms with Gasteiger partial charge in [0.25, 0.3) is 0 Å². The molecule has 2 aromatic carbocycles. The number of nitrogens with one attached hydrogen (secondary N) is 2. The number of likely N-dealkylation sites (tertiary alicyclic amines) is 1. The molecule has 10 nitrogen and oxygen atoms in total. The first kappa shape index (κ1) is 38.1. The Labute approximate surface area is 273 Å². The van der Waals surface area contributed by atoms with E-state index < -0.39 is 24.3 Å². The van der Waals surface area contributed by atoms with Crippen LogP contribution in [-0.4, -0.2) is 87.5 Å². The lowest BCUT2D eigenvalue weighted by molar-refractivity contribution is -0.193. The highest BCUT2D eigenvalue weighted by molar-refractivity contribution is 7.99. The van der Waals surface area contributed by atoms with Crippen molar-refractivity contribution < 1.29 is 60.1 Å². The number of benzene rings is 2. The highest BCUT2D eigenvalue weighted by Gasteiger charge is 2.39. The second-order valence-electron chi connectivity index (χ2n) is 10.6. The fourth-order valence-electron chi connectivity index (χ4n) is 4.63. The fraction of sp³-hybridized carbons (Fsp3) is 0.400. The minimum Gasteiger partial charge on any atom is -0.489 e. The summed E-state index contributed by atoms with van der Waals surface area (Å²) in [4.78, 5) is 34.5. The van der Waals surface area contributed by atoms with Gasteiger partial charge in [-0.2, -0.15) is 31.4 Å². The van der Waals surface area contributed by atoms with E-state index >= 15 is 0 Å². The topological polar surface area (TPSA) is 145 Å². The predicted molar refractivity (Wildman–Crippen MR) is 160 cm³/mol. The first-order valence-corrected chi connectivity index (χ1v) is 15.3. The van der Waals surface area contributed by atoms with Gasteiger partial charge in [0, 0.05) is 28.5 Å². The molecular formula is C30H31F7N4O6S. The van der Waals surface area contributed by atoms with Crippen LogP contribution in [0.1, 0.15) is 24.1 Å². The molecule has 0 spiro atoms. The zero-order valence-corrected chi connectivity index (χ0v) is 26.1. The standard InChI is InChI=1S/C26H29FN4O2S.2C2HF3O2/c1-17-21(15-28-30-17)18-7-8-23(24(14-18)34-12-11-31-9-2-3-10-31)29-26(32)20-13-19-5-4-6-22(27)25(19)33-16-20;2*3-2(4,5)1(6)7/h4-8,14-15,20H,2-3,9-13,16H2,1H3,(H,28,30)(H,29,32);2*(H,6,7). The molecule has 1 atom stereocenters. The third-order valence-corrected chi connectivity index (χ3v) is 8.08. The van der Waals surface area contributed by atoms with Crippen molar-refractivity contribution in [2.45, 2.75) is 43.4 Å². The number of fused-ring (bicyclic) bond motifs is 1. The van der Waals surface area contributed by atoms with E-state index in [1.54, 1.807) is 17.8 Å². The molecule has 0 aliphatic carbocycles. The number of alkyl halides is 6. The second-order valence-corrected chi connectivity index (χ2v) is 11.7. The third-order valence-electron chi connectivity index (χ3n) is 7.04. The molecular weight excluding hydrogens is 677 g/mol. The average Bonchev–Trinajstić information content (AvgIpc) is 3.69. The van der Waals surface area contributed by atoms with Gasteiger partial charge in [0.15, 0.2) is 11.6 Å². The van der Waals surface area contributed by atoms with E-state index in [-0.39, 0.29) is 30.0 Å². The van der Waals surface area contributed by atoms with E-state index in [9.17, 15) is 35.5 Å². The minimum absolute atomic E-state index is 0.108. The van der Waals surface area contributed by atoms with Gasteiger partial charge in [0.1, 0.15) is 6.61 Å². The molecule has 1 unspecified atom stereocenters. The molecule has 0 saturated carbocycles. The van der Waals surface area contributed by atoms with Crippen LogP contribution in [0.15, 0.2) is 47.5 Å². The second kappa shape index (κ2) is 16.7. The molecule has 0 radical (unpaired) electrons. The van der Waals surface area contributed by atoms with Crippen LogP contribution in [0, 0.1) is 18.7 Å². The molecule has 1 amide bonds. The van der Waals surface area contributed by atoms with Crippen LogP contribution in [0.2, 0.25) is 0 Å². The summed E-state index contributed by atoms with van der Waals surface area (Å²) in [6, 6.07) is 11.0. The summed E-state index contributed by atoms with van der Waals surface area (Å²) in [6.07, 6.45) is -5.32. The van der Waals surface area contributed by atoms with Crippen LogP contribution in [0.4, 0.5) is 36.4 Å². The zero-order valence-electron chi connectivity index (χ0n) is 25.3. The number of anilines is 1. The van der Waals surface area contributed by atoms with Gasteiger partial charge in [0.05, 0.1) is 17.8 Å². The number of carboxylic acids is 2. The number of carboxylic acid groups (broad SMARTS) is 2. The quantitative estimate of drug-likeness (QED) is 0.167. The van der Waals surface area contributed by atoms with Crippen LogP contribution < -0.4 is 10.1 Å². The molecule has 18 heteroatoms. The van der Waals surface area contributed by atoms with Crippen LogP contribution in [0.3, 0.4) is 0 Å². The number of amides is 1. The third kappa shape index (κ3) is 11.1. The number of aromatic amines is 1. The summed E-state index contributed by atoms with van der Waals surface area (Å²) >= 11 is 1.76. The lowest BCUT2D eigenvalue weighted by Gasteiger charge is -2.25. The van der Waals surface area contributed by atoms with Crippen molar-refractivity contribution in [3.63, 3.8) is 0 Å². The molecule has 5 rings (SSSR count). The number of carbonyl (C=O) groups is 3. The Bertz CT molecular complexity index is 1550. The van der Waals surface area contributed by atoms with Crippen LogP contribution >= 0.6 is 11.8 Å². The Morgan fingerprint density at radius 2 is 1.67 bits per heavy atom. The minimum atomic E-state index is -5.08. The molecule has 1 fully saturated rings. The number of aliphatic carboxylic acids is 2. The van der Waals surface area contributed by atoms with Gasteiger partial charge >= 0.3 is 24.3 Å². The molecule has 0 bridgehead atoms. The van der Waals surface area contributed by atoms with Crippen LogP contribution in [0.25, 0.3) is 11.1 Å². The van der Waals surface area contributed by atoms with Gasteiger partial charge in [-0.1, -0.05) is 18.2 Å². The summed E-state index contributed by atoms with van der Waals surface area (Å²) in [6.45, 7) is 5.54. The van der Waals surface area contributed by atoms with Crippen molar-refractivity contribution in [2.75, 3.05) is 37.3 Å². The van der Waals surface area contributed by atoms with Gasteiger partial charge in [-0.15, -0.1) is 11.8 Å². The number of para-hydroxylation sites is 1. The molecule has 262 valence electrons. The molecule has 3 heterocycles. The number of nitrogens with zero attached hydrogens (tertiary/aromatic N) is 2. The highest BCUT2D eigenvalue weighted by atomic mass is 32.2. The molecule has 4 N–H and O–H groups in total. The molecule has 48 heavy (non-hydrogen) atoms. The Morgan fingerprint density at radius 3 is 2.23 bits per heavy atom. The van der Waals surface area contributed by atoms with E-state index in [0.29, 0.717) is 6.42 Å².